The number of hydrogen-bond acceptors (Lipinski definition) is 2. The molecular weight excluding hydrogens is 232 g/mol. The van der Waals surface area contributed by atoms with Crippen molar-refractivity contribution < 1.29 is 9.84 Å². The van der Waals surface area contributed by atoms with Gasteiger partial charge in [0, 0.05) is 0 Å². The van der Waals surface area contributed by atoms with Crippen LogP contribution in [-0.4, -0.2) is 46.9 Å². The molecular formula is C14H30O2S. The first-order valence-electron chi connectivity index (χ1n) is 6.15. The van der Waals surface area contributed by atoms with Crippen LogP contribution in [0.3, 0.4) is 0 Å². The second kappa shape index (κ2) is 6.26. The molecule has 1 heterocycles. The number of aliphatic hydroxyl groups excluding tert-OH is 1. The Morgan fingerprint density at radius 1 is 1.06 bits per heavy atom. The molecule has 104 valence electrons. The van der Waals surface area contributed by atoms with Gasteiger partial charge in [0.15, 0.2) is 0 Å². The fourth-order valence-corrected chi connectivity index (χ4v) is 0.891. The van der Waals surface area contributed by atoms with Crippen LogP contribution in [0.25, 0.3) is 0 Å². The first-order chi connectivity index (χ1) is 7.45. The topological polar surface area (TPSA) is 29.5 Å². The lowest BCUT2D eigenvalue weighted by molar-refractivity contribution is -0.0388. The van der Waals surface area contributed by atoms with Gasteiger partial charge in [-0.25, -0.2) is 10.0 Å². The number of hydrogen-bond donors (Lipinski definition) is 1. The molecule has 0 amide bonds. The molecule has 0 saturated carbocycles. The summed E-state index contributed by atoms with van der Waals surface area (Å²) >= 11 is 0. The molecule has 1 aliphatic rings. The van der Waals surface area contributed by atoms with Gasteiger partial charge in [-0.2, -0.15) is 0 Å². The molecule has 0 spiro atoms. The summed E-state index contributed by atoms with van der Waals surface area (Å²) in [6.07, 6.45) is 10.4. The largest absolute Gasteiger partial charge is 0.386 e. The maximum Gasteiger partial charge on any atom is 0.0981 e. The maximum atomic E-state index is 9.08. The number of rotatable bonds is 0. The second-order valence-corrected chi connectivity index (χ2v) is 11.3. The van der Waals surface area contributed by atoms with Crippen molar-refractivity contribution in [2.24, 2.45) is 0 Å². The van der Waals surface area contributed by atoms with Crippen molar-refractivity contribution in [2.45, 2.75) is 57.7 Å². The Labute approximate surface area is 109 Å². The molecule has 0 radical (unpaired) electrons. The highest BCUT2D eigenvalue weighted by Crippen LogP contribution is 2.48. The molecule has 0 aromatic heterocycles. The fraction of sp³-hybridized carbons (Fsp3) is 0.857. The standard InChI is InChI=1S/C7H12O2.C7H18S/c1-5-3-4-7(8)6(2)9-5;1-7(2,3)8(4,5)6/h3-8H,1-2H3;1-6H3/t5?,6-,7?;/m1./s1. The zero-order valence-corrected chi connectivity index (χ0v) is 13.5. The van der Waals surface area contributed by atoms with Crippen molar-refractivity contribution in [1.82, 2.24) is 0 Å². The van der Waals surface area contributed by atoms with E-state index in [1.165, 1.54) is 0 Å². The Kier molecular flexibility index (Phi) is 6.26. The van der Waals surface area contributed by atoms with Gasteiger partial charge in [0.25, 0.3) is 0 Å². The summed E-state index contributed by atoms with van der Waals surface area (Å²) in [6, 6.07) is 0. The molecule has 2 nitrogen and oxygen atoms in total. The van der Waals surface area contributed by atoms with Gasteiger partial charge in [0.05, 0.1) is 18.3 Å². The first-order valence-corrected chi connectivity index (χ1v) is 9.00. The van der Waals surface area contributed by atoms with E-state index in [2.05, 4.69) is 39.5 Å². The van der Waals surface area contributed by atoms with Crippen molar-refractivity contribution in [3.63, 3.8) is 0 Å². The highest BCUT2D eigenvalue weighted by molar-refractivity contribution is 8.33. The molecule has 1 rings (SSSR count). The van der Waals surface area contributed by atoms with Crippen LogP contribution in [0, 0.1) is 0 Å². The number of ether oxygens (including phenoxy) is 1. The van der Waals surface area contributed by atoms with Crippen molar-refractivity contribution in [2.75, 3.05) is 18.8 Å². The molecule has 0 saturated heterocycles. The normalized spacial score (nSPS) is 30.5. The molecule has 3 atom stereocenters. The lowest BCUT2D eigenvalue weighted by atomic mass is 10.1. The fourth-order valence-electron chi connectivity index (χ4n) is 0.891. The molecule has 0 bridgehead atoms. The van der Waals surface area contributed by atoms with Gasteiger partial charge in [-0.3, -0.25) is 0 Å². The molecule has 0 aliphatic carbocycles. The number of aliphatic hydroxyl groups is 1. The third-order valence-corrected chi connectivity index (χ3v) is 7.00. The molecule has 3 heteroatoms. The van der Waals surface area contributed by atoms with Crippen molar-refractivity contribution in [3.8, 4) is 0 Å². The smallest absolute Gasteiger partial charge is 0.0981 e. The van der Waals surface area contributed by atoms with Crippen LogP contribution in [0.5, 0.6) is 0 Å². The van der Waals surface area contributed by atoms with Crippen LogP contribution in [0.15, 0.2) is 12.2 Å². The molecule has 0 aromatic carbocycles. The summed E-state index contributed by atoms with van der Waals surface area (Å²) < 4.78 is 5.78. The third kappa shape index (κ3) is 6.49. The Bertz CT molecular complexity index is 236. The van der Waals surface area contributed by atoms with Crippen molar-refractivity contribution in [1.29, 1.82) is 0 Å². The average molecular weight is 262 g/mol. The molecule has 1 N–H and O–H groups in total. The lowest BCUT2D eigenvalue weighted by Gasteiger charge is -2.40. The highest BCUT2D eigenvalue weighted by atomic mass is 32.3. The summed E-state index contributed by atoms with van der Waals surface area (Å²) in [5, 5.41) is 9.08. The van der Waals surface area contributed by atoms with E-state index >= 15 is 0 Å². The van der Waals surface area contributed by atoms with Gasteiger partial charge in [-0.05, 0) is 37.4 Å². The summed E-state index contributed by atoms with van der Waals surface area (Å²) in [6.45, 7) is 10.7. The Hall–Kier alpha value is 0.01000. The predicted molar refractivity (Wildman–Crippen MR) is 80.3 cm³/mol. The van der Waals surface area contributed by atoms with E-state index in [-0.39, 0.29) is 22.2 Å². The van der Waals surface area contributed by atoms with Crippen LogP contribution in [0.2, 0.25) is 0 Å². The van der Waals surface area contributed by atoms with E-state index in [1.54, 1.807) is 6.08 Å². The summed E-state index contributed by atoms with van der Waals surface area (Å²) in [7, 11) is -0.340. The quantitative estimate of drug-likeness (QED) is 0.679. The first kappa shape index (κ1) is 17.0. The van der Waals surface area contributed by atoms with Gasteiger partial charge in [0.1, 0.15) is 0 Å². The van der Waals surface area contributed by atoms with Crippen molar-refractivity contribution in [3.05, 3.63) is 12.2 Å². The molecule has 1 aliphatic heterocycles. The zero-order valence-electron chi connectivity index (χ0n) is 12.7. The molecule has 2 unspecified atom stereocenters. The average Bonchev–Trinajstić information content (AvgIpc) is 2.09. The van der Waals surface area contributed by atoms with Crippen molar-refractivity contribution >= 4 is 10.0 Å². The van der Waals surface area contributed by atoms with Crippen LogP contribution >= 0.6 is 10.0 Å². The molecule has 0 aromatic rings. The zero-order chi connectivity index (χ0) is 13.9. The van der Waals surface area contributed by atoms with E-state index in [0.717, 1.165) is 0 Å². The van der Waals surface area contributed by atoms with Gasteiger partial charge < -0.3 is 9.84 Å². The molecule has 0 fully saturated rings. The monoisotopic (exact) mass is 262 g/mol. The van der Waals surface area contributed by atoms with Crippen LogP contribution in [-0.2, 0) is 4.74 Å². The summed E-state index contributed by atoms with van der Waals surface area (Å²) in [4.78, 5) is 0. The van der Waals surface area contributed by atoms with E-state index in [0.29, 0.717) is 4.75 Å². The Morgan fingerprint density at radius 2 is 1.47 bits per heavy atom. The SMILES string of the molecule is CC(C)(C)S(C)(C)C.CC1C=CC(O)[C@@H](C)O1. The third-order valence-electron chi connectivity index (χ3n) is 3.33. The Morgan fingerprint density at radius 3 is 1.71 bits per heavy atom. The highest BCUT2D eigenvalue weighted by Gasteiger charge is 2.22. The van der Waals surface area contributed by atoms with Crippen LogP contribution in [0.1, 0.15) is 34.6 Å². The van der Waals surface area contributed by atoms with E-state index in [4.69, 9.17) is 9.84 Å². The maximum absolute atomic E-state index is 9.08. The van der Waals surface area contributed by atoms with Crippen LogP contribution < -0.4 is 0 Å². The summed E-state index contributed by atoms with van der Waals surface area (Å²) in [5.41, 5.74) is 0. The second-order valence-electron chi connectivity index (χ2n) is 6.37. The minimum atomic E-state index is -0.416. The predicted octanol–water partition coefficient (Wildman–Crippen LogP) is 3.19. The van der Waals surface area contributed by atoms with Gasteiger partial charge in [0.2, 0.25) is 0 Å². The van der Waals surface area contributed by atoms with E-state index in [9.17, 15) is 0 Å². The lowest BCUT2D eigenvalue weighted by Crippen LogP contribution is -2.31. The molecule has 17 heavy (non-hydrogen) atoms. The van der Waals surface area contributed by atoms with E-state index in [1.807, 2.05) is 19.9 Å². The van der Waals surface area contributed by atoms with Crippen LogP contribution in [0.4, 0.5) is 0 Å². The minimum absolute atomic E-state index is 0.0509. The van der Waals surface area contributed by atoms with Gasteiger partial charge in [-0.15, -0.1) is 0 Å². The van der Waals surface area contributed by atoms with Gasteiger partial charge in [-0.1, -0.05) is 32.9 Å². The summed E-state index contributed by atoms with van der Waals surface area (Å²) in [5.74, 6) is 0. The van der Waals surface area contributed by atoms with Gasteiger partial charge >= 0.3 is 0 Å². The Balaban J connectivity index is 0.000000304. The minimum Gasteiger partial charge on any atom is -0.386 e. The van der Waals surface area contributed by atoms with E-state index < -0.39 is 6.10 Å².